The lowest BCUT2D eigenvalue weighted by Gasteiger charge is -2.36. The zero-order chi connectivity index (χ0) is 19.7. The molecular formula is C20H21ClN2O4S. The molecule has 0 aliphatic carbocycles. The topological polar surface area (TPSA) is 66.9 Å². The first-order valence-electron chi connectivity index (χ1n) is 9.20. The molecule has 2 aliphatic heterocycles. The number of sulfonamides is 1. The van der Waals surface area contributed by atoms with Gasteiger partial charge < -0.3 is 9.64 Å². The van der Waals surface area contributed by atoms with E-state index in [0.717, 1.165) is 11.3 Å². The van der Waals surface area contributed by atoms with Gasteiger partial charge in [-0.05, 0) is 42.3 Å². The summed E-state index contributed by atoms with van der Waals surface area (Å²) >= 11 is 5.84. The van der Waals surface area contributed by atoms with Crippen LogP contribution in [-0.4, -0.2) is 56.3 Å². The molecule has 4 rings (SSSR count). The molecule has 0 radical (unpaired) electrons. The van der Waals surface area contributed by atoms with Crippen molar-refractivity contribution in [1.29, 1.82) is 0 Å². The maximum Gasteiger partial charge on any atom is 0.243 e. The summed E-state index contributed by atoms with van der Waals surface area (Å²) in [6.07, 6.45) is 0.651. The predicted molar refractivity (Wildman–Crippen MR) is 106 cm³/mol. The number of hydrogen-bond acceptors (Lipinski definition) is 4. The third-order valence-corrected chi connectivity index (χ3v) is 7.39. The number of fused-ring (bicyclic) bond motifs is 1. The Morgan fingerprint density at radius 2 is 1.68 bits per heavy atom. The van der Waals surface area contributed by atoms with Crippen LogP contribution in [0.3, 0.4) is 0 Å². The van der Waals surface area contributed by atoms with E-state index in [1.807, 2.05) is 24.3 Å². The van der Waals surface area contributed by atoms with Crippen LogP contribution in [0.4, 0.5) is 0 Å². The molecule has 0 aromatic heterocycles. The third-order valence-electron chi connectivity index (χ3n) is 5.23. The van der Waals surface area contributed by atoms with Crippen molar-refractivity contribution in [3.63, 3.8) is 0 Å². The maximum atomic E-state index is 12.9. The second-order valence-electron chi connectivity index (χ2n) is 7.00. The molecule has 6 nitrogen and oxygen atoms in total. The first-order chi connectivity index (χ1) is 13.4. The van der Waals surface area contributed by atoms with Gasteiger partial charge in [-0.3, -0.25) is 4.79 Å². The number of para-hydroxylation sites is 1. The molecule has 2 heterocycles. The summed E-state index contributed by atoms with van der Waals surface area (Å²) in [6, 6.07) is 13.9. The summed E-state index contributed by atoms with van der Waals surface area (Å²) < 4.78 is 32.7. The Bertz CT molecular complexity index is 970. The molecule has 0 spiro atoms. The van der Waals surface area contributed by atoms with Crippen molar-refractivity contribution in [2.75, 3.05) is 32.8 Å². The second-order valence-corrected chi connectivity index (χ2v) is 9.38. The van der Waals surface area contributed by atoms with Gasteiger partial charge in [0.25, 0.3) is 0 Å². The van der Waals surface area contributed by atoms with Crippen molar-refractivity contribution in [3.05, 3.63) is 59.1 Å². The van der Waals surface area contributed by atoms with Crippen LogP contribution in [0, 0.1) is 5.92 Å². The number of carbonyl (C=O) groups is 1. The molecule has 28 heavy (non-hydrogen) atoms. The highest BCUT2D eigenvalue weighted by Gasteiger charge is 2.34. The number of rotatable bonds is 3. The van der Waals surface area contributed by atoms with Gasteiger partial charge >= 0.3 is 0 Å². The summed E-state index contributed by atoms with van der Waals surface area (Å²) in [6.45, 7) is 1.68. The van der Waals surface area contributed by atoms with Gasteiger partial charge in [0.05, 0.1) is 10.8 Å². The van der Waals surface area contributed by atoms with Crippen LogP contribution in [0.25, 0.3) is 0 Å². The van der Waals surface area contributed by atoms with E-state index in [0.29, 0.717) is 31.1 Å². The van der Waals surface area contributed by atoms with Crippen LogP contribution < -0.4 is 4.74 Å². The molecule has 0 saturated carbocycles. The minimum absolute atomic E-state index is 0.0260. The molecule has 1 saturated heterocycles. The van der Waals surface area contributed by atoms with E-state index in [1.54, 1.807) is 17.0 Å². The van der Waals surface area contributed by atoms with Crippen molar-refractivity contribution < 1.29 is 17.9 Å². The molecule has 148 valence electrons. The molecule has 8 heteroatoms. The van der Waals surface area contributed by atoms with E-state index in [4.69, 9.17) is 16.3 Å². The van der Waals surface area contributed by atoms with E-state index >= 15 is 0 Å². The number of ether oxygens (including phenoxy) is 1. The lowest BCUT2D eigenvalue weighted by molar-refractivity contribution is -0.138. The molecule has 2 aromatic carbocycles. The number of benzene rings is 2. The molecule has 0 bridgehead atoms. The Kier molecular flexibility index (Phi) is 5.31. The van der Waals surface area contributed by atoms with Crippen LogP contribution >= 0.6 is 11.6 Å². The highest BCUT2D eigenvalue weighted by atomic mass is 35.5. The van der Waals surface area contributed by atoms with E-state index in [2.05, 4.69) is 0 Å². The minimum atomic E-state index is -3.58. The smallest absolute Gasteiger partial charge is 0.243 e. The van der Waals surface area contributed by atoms with Gasteiger partial charge in [0.15, 0.2) is 0 Å². The Hall–Kier alpha value is -2.09. The number of hydrogen-bond donors (Lipinski definition) is 0. The minimum Gasteiger partial charge on any atom is -0.492 e. The molecule has 0 N–H and O–H groups in total. The summed E-state index contributed by atoms with van der Waals surface area (Å²) in [5, 5.41) is 0.491. The molecule has 0 unspecified atom stereocenters. The number of amides is 1. The number of piperazine rings is 1. The van der Waals surface area contributed by atoms with Crippen molar-refractivity contribution in [3.8, 4) is 5.75 Å². The van der Waals surface area contributed by atoms with Crippen molar-refractivity contribution in [2.24, 2.45) is 5.92 Å². The van der Waals surface area contributed by atoms with E-state index in [-0.39, 0.29) is 29.8 Å². The fourth-order valence-electron chi connectivity index (χ4n) is 3.65. The second kappa shape index (κ2) is 7.73. The Morgan fingerprint density at radius 1 is 1.00 bits per heavy atom. The van der Waals surface area contributed by atoms with Crippen LogP contribution in [0.15, 0.2) is 53.4 Å². The Morgan fingerprint density at radius 3 is 2.39 bits per heavy atom. The SMILES string of the molecule is O=C([C@@H]1COc2ccccc2C1)N1CCN(S(=O)(=O)c2ccc(Cl)cc2)CC1. The average molecular weight is 421 g/mol. The largest absolute Gasteiger partial charge is 0.492 e. The van der Waals surface area contributed by atoms with Crippen LogP contribution in [0.5, 0.6) is 5.75 Å². The van der Waals surface area contributed by atoms with E-state index in [9.17, 15) is 13.2 Å². The zero-order valence-corrected chi connectivity index (χ0v) is 16.8. The quantitative estimate of drug-likeness (QED) is 0.764. The van der Waals surface area contributed by atoms with E-state index < -0.39 is 10.0 Å². The average Bonchev–Trinajstić information content (AvgIpc) is 2.73. The fraction of sp³-hybridized carbons (Fsp3) is 0.350. The molecule has 2 aromatic rings. The molecule has 1 atom stereocenters. The summed E-state index contributed by atoms with van der Waals surface area (Å²) in [5.41, 5.74) is 1.04. The summed E-state index contributed by atoms with van der Waals surface area (Å²) in [5.74, 6) is 0.637. The van der Waals surface area contributed by atoms with Gasteiger partial charge in [0.2, 0.25) is 15.9 Å². The van der Waals surface area contributed by atoms with Gasteiger partial charge in [-0.1, -0.05) is 29.8 Å². The normalized spacial score (nSPS) is 20.3. The van der Waals surface area contributed by atoms with Crippen molar-refractivity contribution >= 4 is 27.5 Å². The third kappa shape index (κ3) is 3.74. The van der Waals surface area contributed by atoms with Gasteiger partial charge in [-0.25, -0.2) is 8.42 Å². The molecule has 2 aliphatic rings. The first kappa shape index (κ1) is 19.2. The van der Waals surface area contributed by atoms with Gasteiger partial charge in [-0.2, -0.15) is 4.31 Å². The molecule has 1 amide bonds. The maximum absolute atomic E-state index is 12.9. The number of halogens is 1. The van der Waals surface area contributed by atoms with Gasteiger partial charge in [-0.15, -0.1) is 0 Å². The predicted octanol–water partition coefficient (Wildman–Crippen LogP) is 2.42. The number of carbonyl (C=O) groups excluding carboxylic acids is 1. The zero-order valence-electron chi connectivity index (χ0n) is 15.3. The summed E-state index contributed by atoms with van der Waals surface area (Å²) in [4.78, 5) is 14.9. The van der Waals surface area contributed by atoms with Crippen LogP contribution in [0.1, 0.15) is 5.56 Å². The Labute approximate surface area is 169 Å². The Balaban J connectivity index is 1.39. The number of nitrogens with zero attached hydrogens (tertiary/aromatic N) is 2. The highest BCUT2D eigenvalue weighted by molar-refractivity contribution is 7.89. The lowest BCUT2D eigenvalue weighted by Crippen LogP contribution is -2.52. The molecular weight excluding hydrogens is 400 g/mol. The van der Waals surface area contributed by atoms with Crippen molar-refractivity contribution in [2.45, 2.75) is 11.3 Å². The summed E-state index contributed by atoms with van der Waals surface area (Å²) in [7, 11) is -3.58. The highest BCUT2D eigenvalue weighted by Crippen LogP contribution is 2.28. The molecule has 1 fully saturated rings. The standard InChI is InChI=1S/C20H21ClN2O4S/c21-17-5-7-18(8-6-17)28(25,26)23-11-9-22(10-12-23)20(24)16-13-15-3-1-2-4-19(15)27-14-16/h1-8,16H,9-14H2/t16-/m0/s1. The first-order valence-corrected chi connectivity index (χ1v) is 11.0. The van der Waals surface area contributed by atoms with E-state index in [1.165, 1.54) is 16.4 Å². The van der Waals surface area contributed by atoms with Crippen LogP contribution in [-0.2, 0) is 21.2 Å². The van der Waals surface area contributed by atoms with Crippen LogP contribution in [0.2, 0.25) is 5.02 Å². The monoisotopic (exact) mass is 420 g/mol. The lowest BCUT2D eigenvalue weighted by atomic mass is 9.95. The van der Waals surface area contributed by atoms with Crippen molar-refractivity contribution in [1.82, 2.24) is 9.21 Å². The van der Waals surface area contributed by atoms with Gasteiger partial charge in [0.1, 0.15) is 12.4 Å². The van der Waals surface area contributed by atoms with Gasteiger partial charge in [0, 0.05) is 31.2 Å². The fourth-order valence-corrected chi connectivity index (χ4v) is 5.20.